The molecule has 0 aliphatic heterocycles. The van der Waals surface area contributed by atoms with Gasteiger partial charge in [0.2, 0.25) is 0 Å². The third-order valence-electron chi connectivity index (χ3n) is 3.09. The van der Waals surface area contributed by atoms with E-state index >= 15 is 0 Å². The third kappa shape index (κ3) is 4.30. The van der Waals surface area contributed by atoms with Gasteiger partial charge in [-0.1, -0.05) is 50.1 Å². The van der Waals surface area contributed by atoms with Crippen LogP contribution in [0.2, 0.25) is 0 Å². The number of benzene rings is 2. The summed E-state index contributed by atoms with van der Waals surface area (Å²) in [6.45, 7) is 1.05. The summed E-state index contributed by atoms with van der Waals surface area (Å²) in [6, 6.07) is 13.5. The van der Waals surface area contributed by atoms with Crippen molar-refractivity contribution in [3.8, 4) is 5.75 Å². The number of rotatable bonds is 6. The van der Waals surface area contributed by atoms with E-state index in [-0.39, 0.29) is 6.04 Å². The molecule has 0 amide bonds. The highest BCUT2D eigenvalue weighted by Gasteiger charge is 2.16. The molecule has 0 saturated heterocycles. The van der Waals surface area contributed by atoms with Crippen LogP contribution < -0.4 is 10.5 Å². The molecule has 2 aromatic rings. The second-order valence-electron chi connectivity index (χ2n) is 4.52. The average Bonchev–Trinajstić information content (AvgIpc) is 2.50. The maximum absolute atomic E-state index is 6.43. The Balaban J connectivity index is 2.30. The van der Waals surface area contributed by atoms with Crippen molar-refractivity contribution in [2.75, 3.05) is 20.3 Å². The molecule has 0 radical (unpaired) electrons. The van der Waals surface area contributed by atoms with Gasteiger partial charge in [0.25, 0.3) is 0 Å². The Hall–Kier alpha value is -0.880. The molecule has 0 spiro atoms. The van der Waals surface area contributed by atoms with Crippen LogP contribution in [0.1, 0.15) is 17.2 Å². The number of ether oxygens (including phenoxy) is 2. The maximum Gasteiger partial charge on any atom is 0.124 e. The largest absolute Gasteiger partial charge is 0.491 e. The zero-order valence-electron chi connectivity index (χ0n) is 11.7. The van der Waals surface area contributed by atoms with Gasteiger partial charge in [0, 0.05) is 21.6 Å². The van der Waals surface area contributed by atoms with Crippen LogP contribution in [0.3, 0.4) is 0 Å². The molecule has 21 heavy (non-hydrogen) atoms. The SMILES string of the molecule is COCCOc1ccccc1C(N)c1cc(Br)ccc1Br. The van der Waals surface area contributed by atoms with E-state index in [1.165, 1.54) is 0 Å². The molecule has 0 bridgehead atoms. The molecular formula is C16H17Br2NO2. The van der Waals surface area contributed by atoms with Crippen LogP contribution in [-0.4, -0.2) is 20.3 Å². The van der Waals surface area contributed by atoms with Crippen LogP contribution >= 0.6 is 31.9 Å². The number of para-hydroxylation sites is 1. The van der Waals surface area contributed by atoms with Gasteiger partial charge in [0.1, 0.15) is 12.4 Å². The average molecular weight is 415 g/mol. The van der Waals surface area contributed by atoms with Gasteiger partial charge < -0.3 is 15.2 Å². The van der Waals surface area contributed by atoms with Crippen LogP contribution in [0.4, 0.5) is 0 Å². The highest BCUT2D eigenvalue weighted by molar-refractivity contribution is 9.11. The summed E-state index contributed by atoms with van der Waals surface area (Å²) in [6.07, 6.45) is 0. The fraction of sp³-hybridized carbons (Fsp3) is 0.250. The molecule has 2 aromatic carbocycles. The van der Waals surface area contributed by atoms with Gasteiger partial charge in [-0.3, -0.25) is 0 Å². The summed E-state index contributed by atoms with van der Waals surface area (Å²) < 4.78 is 12.7. The molecule has 0 aliphatic rings. The highest BCUT2D eigenvalue weighted by Crippen LogP contribution is 2.33. The quantitative estimate of drug-likeness (QED) is 0.717. The van der Waals surface area contributed by atoms with Crippen molar-refractivity contribution in [3.05, 3.63) is 62.5 Å². The second-order valence-corrected chi connectivity index (χ2v) is 6.29. The minimum Gasteiger partial charge on any atom is -0.491 e. The van der Waals surface area contributed by atoms with Crippen molar-refractivity contribution >= 4 is 31.9 Å². The van der Waals surface area contributed by atoms with Crippen molar-refractivity contribution in [2.45, 2.75) is 6.04 Å². The van der Waals surface area contributed by atoms with E-state index in [0.29, 0.717) is 13.2 Å². The van der Waals surface area contributed by atoms with E-state index in [1.54, 1.807) is 7.11 Å². The molecule has 2 N–H and O–H groups in total. The molecule has 2 rings (SSSR count). The molecule has 0 aliphatic carbocycles. The number of methoxy groups -OCH3 is 1. The number of halogens is 2. The summed E-state index contributed by atoms with van der Waals surface area (Å²) >= 11 is 7.04. The zero-order chi connectivity index (χ0) is 15.2. The van der Waals surface area contributed by atoms with Crippen molar-refractivity contribution in [3.63, 3.8) is 0 Å². The molecule has 0 saturated carbocycles. The Bertz CT molecular complexity index is 605. The van der Waals surface area contributed by atoms with Gasteiger partial charge in [-0.25, -0.2) is 0 Å². The fourth-order valence-corrected chi connectivity index (χ4v) is 2.90. The van der Waals surface area contributed by atoms with Crippen LogP contribution in [0.5, 0.6) is 5.75 Å². The Kier molecular flexibility index (Phi) is 6.23. The Morgan fingerprint density at radius 1 is 1.05 bits per heavy atom. The van der Waals surface area contributed by atoms with Gasteiger partial charge in [0.05, 0.1) is 12.6 Å². The van der Waals surface area contributed by atoms with Crippen LogP contribution in [-0.2, 0) is 4.74 Å². The first-order valence-electron chi connectivity index (χ1n) is 6.54. The summed E-state index contributed by atoms with van der Waals surface area (Å²) in [5.74, 6) is 0.786. The lowest BCUT2D eigenvalue weighted by molar-refractivity contribution is 0.145. The van der Waals surface area contributed by atoms with E-state index in [0.717, 1.165) is 25.8 Å². The summed E-state index contributed by atoms with van der Waals surface area (Å²) in [4.78, 5) is 0. The molecule has 112 valence electrons. The van der Waals surface area contributed by atoms with Crippen LogP contribution in [0.15, 0.2) is 51.4 Å². The third-order valence-corrected chi connectivity index (χ3v) is 4.31. The smallest absolute Gasteiger partial charge is 0.124 e. The highest BCUT2D eigenvalue weighted by atomic mass is 79.9. The Morgan fingerprint density at radius 2 is 1.81 bits per heavy atom. The second kappa shape index (κ2) is 7.94. The van der Waals surface area contributed by atoms with Crippen molar-refractivity contribution in [1.82, 2.24) is 0 Å². The maximum atomic E-state index is 6.43. The molecule has 0 fully saturated rings. The van der Waals surface area contributed by atoms with Crippen molar-refractivity contribution < 1.29 is 9.47 Å². The van der Waals surface area contributed by atoms with Gasteiger partial charge >= 0.3 is 0 Å². The predicted octanol–water partition coefficient (Wildman–Crippen LogP) is 4.28. The Morgan fingerprint density at radius 3 is 2.57 bits per heavy atom. The van der Waals surface area contributed by atoms with Crippen LogP contribution in [0.25, 0.3) is 0 Å². The van der Waals surface area contributed by atoms with Crippen molar-refractivity contribution in [1.29, 1.82) is 0 Å². The first-order valence-corrected chi connectivity index (χ1v) is 8.13. The first kappa shape index (κ1) is 16.5. The normalized spacial score (nSPS) is 12.2. The monoisotopic (exact) mass is 413 g/mol. The lowest BCUT2D eigenvalue weighted by Crippen LogP contribution is -2.15. The van der Waals surface area contributed by atoms with Crippen molar-refractivity contribution in [2.24, 2.45) is 5.73 Å². The van der Waals surface area contributed by atoms with Gasteiger partial charge in [-0.05, 0) is 29.8 Å². The zero-order valence-corrected chi connectivity index (χ0v) is 14.9. The standard InChI is InChI=1S/C16H17Br2NO2/c1-20-8-9-21-15-5-3-2-4-12(15)16(19)13-10-11(17)6-7-14(13)18/h2-7,10,16H,8-9,19H2,1H3. The predicted molar refractivity (Wildman–Crippen MR) is 91.7 cm³/mol. The molecule has 3 nitrogen and oxygen atoms in total. The molecule has 0 heterocycles. The topological polar surface area (TPSA) is 44.5 Å². The molecular weight excluding hydrogens is 398 g/mol. The van der Waals surface area contributed by atoms with Gasteiger partial charge in [-0.2, -0.15) is 0 Å². The summed E-state index contributed by atoms with van der Waals surface area (Å²) in [5, 5.41) is 0. The minimum absolute atomic E-state index is 0.268. The molecule has 1 unspecified atom stereocenters. The van der Waals surface area contributed by atoms with E-state index in [4.69, 9.17) is 15.2 Å². The van der Waals surface area contributed by atoms with E-state index < -0.39 is 0 Å². The van der Waals surface area contributed by atoms with Gasteiger partial charge in [-0.15, -0.1) is 0 Å². The van der Waals surface area contributed by atoms with Gasteiger partial charge in [0.15, 0.2) is 0 Å². The summed E-state index contributed by atoms with van der Waals surface area (Å²) in [5.41, 5.74) is 8.39. The van der Waals surface area contributed by atoms with E-state index in [2.05, 4.69) is 31.9 Å². The first-order chi connectivity index (χ1) is 10.1. The number of hydrogen-bond acceptors (Lipinski definition) is 3. The van der Waals surface area contributed by atoms with E-state index in [9.17, 15) is 0 Å². The number of hydrogen-bond donors (Lipinski definition) is 1. The number of nitrogens with two attached hydrogens (primary N) is 1. The Labute approximate surface area is 141 Å². The minimum atomic E-state index is -0.268. The fourth-order valence-electron chi connectivity index (χ4n) is 2.02. The lowest BCUT2D eigenvalue weighted by atomic mass is 9.99. The molecule has 5 heteroatoms. The summed E-state index contributed by atoms with van der Waals surface area (Å²) in [7, 11) is 1.65. The van der Waals surface area contributed by atoms with Crippen LogP contribution in [0, 0.1) is 0 Å². The van der Waals surface area contributed by atoms with E-state index in [1.807, 2.05) is 42.5 Å². The molecule has 1 atom stereocenters. The molecule has 0 aromatic heterocycles. The lowest BCUT2D eigenvalue weighted by Gasteiger charge is -2.18.